The van der Waals surface area contributed by atoms with E-state index in [0.717, 1.165) is 5.56 Å². The van der Waals surface area contributed by atoms with Gasteiger partial charge in [-0.3, -0.25) is 4.98 Å². The van der Waals surface area contributed by atoms with Crippen molar-refractivity contribution in [1.82, 2.24) is 4.98 Å². The molecule has 0 bridgehead atoms. The molecule has 4 nitrogen and oxygen atoms in total. The molecule has 0 atom stereocenters. The zero-order valence-electron chi connectivity index (χ0n) is 9.25. The number of methoxy groups -OCH3 is 1. The van der Waals surface area contributed by atoms with Crippen LogP contribution in [-0.2, 0) is 4.79 Å². The van der Waals surface area contributed by atoms with Gasteiger partial charge in [-0.05, 0) is 24.3 Å². The Labute approximate surface area is 98.6 Å². The summed E-state index contributed by atoms with van der Waals surface area (Å²) in [4.78, 5) is 18.2. The van der Waals surface area contributed by atoms with E-state index in [-0.39, 0.29) is 0 Å². The van der Waals surface area contributed by atoms with Crippen molar-refractivity contribution < 1.29 is 9.53 Å². The molecule has 0 saturated carbocycles. The van der Waals surface area contributed by atoms with Gasteiger partial charge >= 0.3 is 0 Å². The highest BCUT2D eigenvalue weighted by atomic mass is 16.5. The SMILES string of the molecule is COc1ccccc1-c1ncccc1N=C=O. The summed E-state index contributed by atoms with van der Waals surface area (Å²) < 4.78 is 5.25. The van der Waals surface area contributed by atoms with Crippen molar-refractivity contribution in [3.8, 4) is 17.0 Å². The maximum atomic E-state index is 10.4. The highest BCUT2D eigenvalue weighted by molar-refractivity contribution is 5.77. The van der Waals surface area contributed by atoms with Crippen LogP contribution in [0.4, 0.5) is 5.69 Å². The molecule has 84 valence electrons. The Bertz CT molecular complexity index is 575. The van der Waals surface area contributed by atoms with E-state index in [1.807, 2.05) is 24.3 Å². The van der Waals surface area contributed by atoms with Crippen molar-refractivity contribution in [1.29, 1.82) is 0 Å². The minimum atomic E-state index is 0.479. The Morgan fingerprint density at radius 3 is 2.82 bits per heavy atom. The van der Waals surface area contributed by atoms with Crippen LogP contribution in [0.3, 0.4) is 0 Å². The van der Waals surface area contributed by atoms with E-state index in [2.05, 4.69) is 9.98 Å². The zero-order valence-corrected chi connectivity index (χ0v) is 9.25. The van der Waals surface area contributed by atoms with Gasteiger partial charge in [-0.1, -0.05) is 12.1 Å². The van der Waals surface area contributed by atoms with Crippen LogP contribution in [0, 0.1) is 0 Å². The fourth-order valence-corrected chi connectivity index (χ4v) is 1.58. The Kier molecular flexibility index (Phi) is 3.28. The lowest BCUT2D eigenvalue weighted by atomic mass is 10.1. The van der Waals surface area contributed by atoms with Gasteiger partial charge in [0.2, 0.25) is 6.08 Å². The summed E-state index contributed by atoms with van der Waals surface area (Å²) in [6.45, 7) is 0. The number of benzene rings is 1. The summed E-state index contributed by atoms with van der Waals surface area (Å²) in [7, 11) is 1.59. The standard InChI is InChI=1S/C13H10N2O2/c1-17-12-7-3-2-5-10(12)13-11(15-9-16)6-4-8-14-13/h2-8H,1H3. The molecule has 1 aromatic heterocycles. The molecular formula is C13H10N2O2. The van der Waals surface area contributed by atoms with E-state index in [9.17, 15) is 4.79 Å². The number of aromatic nitrogens is 1. The third kappa shape index (κ3) is 2.22. The van der Waals surface area contributed by atoms with E-state index in [4.69, 9.17) is 4.74 Å². The fourth-order valence-electron chi connectivity index (χ4n) is 1.58. The first-order valence-electron chi connectivity index (χ1n) is 5.03. The minimum Gasteiger partial charge on any atom is -0.496 e. The average Bonchev–Trinajstić information content (AvgIpc) is 2.40. The predicted molar refractivity (Wildman–Crippen MR) is 64.0 cm³/mol. The van der Waals surface area contributed by atoms with Crippen molar-refractivity contribution >= 4 is 11.8 Å². The molecule has 2 rings (SSSR count). The summed E-state index contributed by atoms with van der Waals surface area (Å²) in [5.74, 6) is 0.688. The van der Waals surface area contributed by atoms with E-state index in [1.165, 1.54) is 6.08 Å². The van der Waals surface area contributed by atoms with Crippen molar-refractivity contribution in [3.05, 3.63) is 42.6 Å². The number of isocyanates is 1. The second-order valence-corrected chi connectivity index (χ2v) is 3.27. The first-order valence-corrected chi connectivity index (χ1v) is 5.03. The molecule has 0 fully saturated rings. The Morgan fingerprint density at radius 2 is 2.06 bits per heavy atom. The van der Waals surface area contributed by atoms with Crippen LogP contribution < -0.4 is 4.74 Å². The van der Waals surface area contributed by atoms with Gasteiger partial charge in [0.15, 0.2) is 0 Å². The number of rotatable bonds is 3. The van der Waals surface area contributed by atoms with Crippen molar-refractivity contribution in [2.45, 2.75) is 0 Å². The largest absolute Gasteiger partial charge is 0.496 e. The lowest BCUT2D eigenvalue weighted by Crippen LogP contribution is -1.89. The molecule has 0 aliphatic carbocycles. The predicted octanol–water partition coefficient (Wildman–Crippen LogP) is 2.72. The fraction of sp³-hybridized carbons (Fsp3) is 0.0769. The number of hydrogen-bond acceptors (Lipinski definition) is 4. The number of carbonyl (C=O) groups excluding carboxylic acids is 1. The van der Waals surface area contributed by atoms with E-state index < -0.39 is 0 Å². The number of aliphatic imine (C=N–C) groups is 1. The van der Waals surface area contributed by atoms with Crippen molar-refractivity contribution in [2.75, 3.05) is 7.11 Å². The van der Waals surface area contributed by atoms with Crippen molar-refractivity contribution in [3.63, 3.8) is 0 Å². The summed E-state index contributed by atoms with van der Waals surface area (Å²) >= 11 is 0. The first-order chi connectivity index (χ1) is 8.36. The molecule has 0 unspecified atom stereocenters. The summed E-state index contributed by atoms with van der Waals surface area (Å²) in [5, 5.41) is 0. The van der Waals surface area contributed by atoms with Crippen LogP contribution in [0.5, 0.6) is 5.75 Å². The molecule has 2 aromatic rings. The highest BCUT2D eigenvalue weighted by Crippen LogP contribution is 2.33. The smallest absolute Gasteiger partial charge is 0.240 e. The van der Waals surface area contributed by atoms with Gasteiger partial charge in [0, 0.05) is 11.8 Å². The maximum absolute atomic E-state index is 10.4. The van der Waals surface area contributed by atoms with Gasteiger partial charge in [0.25, 0.3) is 0 Å². The molecule has 1 aromatic carbocycles. The van der Waals surface area contributed by atoms with Gasteiger partial charge in [0.05, 0.1) is 7.11 Å². The Morgan fingerprint density at radius 1 is 1.24 bits per heavy atom. The molecule has 0 amide bonds. The minimum absolute atomic E-state index is 0.479. The molecule has 1 heterocycles. The molecular weight excluding hydrogens is 216 g/mol. The number of hydrogen-bond donors (Lipinski definition) is 0. The van der Waals surface area contributed by atoms with Gasteiger partial charge < -0.3 is 4.74 Å². The van der Waals surface area contributed by atoms with Gasteiger partial charge in [0.1, 0.15) is 17.1 Å². The van der Waals surface area contributed by atoms with Gasteiger partial charge in [-0.2, -0.15) is 4.99 Å². The number of nitrogens with zero attached hydrogens (tertiary/aromatic N) is 2. The molecule has 17 heavy (non-hydrogen) atoms. The summed E-state index contributed by atoms with van der Waals surface area (Å²) in [5.41, 5.74) is 1.88. The van der Waals surface area contributed by atoms with Gasteiger partial charge in [-0.25, -0.2) is 4.79 Å². The van der Waals surface area contributed by atoms with E-state index >= 15 is 0 Å². The number of pyridine rings is 1. The monoisotopic (exact) mass is 226 g/mol. The third-order valence-electron chi connectivity index (χ3n) is 2.31. The quantitative estimate of drug-likeness (QED) is 0.597. The van der Waals surface area contributed by atoms with E-state index in [1.54, 1.807) is 25.4 Å². The third-order valence-corrected chi connectivity index (χ3v) is 2.31. The molecule has 0 aliphatic rings. The Hall–Kier alpha value is -2.45. The molecule has 0 N–H and O–H groups in total. The summed E-state index contributed by atoms with van der Waals surface area (Å²) in [6, 6.07) is 10.9. The summed E-state index contributed by atoms with van der Waals surface area (Å²) in [6.07, 6.45) is 3.17. The molecule has 4 heteroatoms. The molecule has 0 saturated heterocycles. The highest BCUT2D eigenvalue weighted by Gasteiger charge is 2.10. The topological polar surface area (TPSA) is 51.6 Å². The average molecular weight is 226 g/mol. The van der Waals surface area contributed by atoms with Gasteiger partial charge in [-0.15, -0.1) is 0 Å². The van der Waals surface area contributed by atoms with E-state index in [0.29, 0.717) is 17.1 Å². The molecule has 0 aliphatic heterocycles. The van der Waals surface area contributed by atoms with Crippen LogP contribution in [0.1, 0.15) is 0 Å². The second-order valence-electron chi connectivity index (χ2n) is 3.27. The maximum Gasteiger partial charge on any atom is 0.240 e. The molecule has 0 radical (unpaired) electrons. The lowest BCUT2D eigenvalue weighted by molar-refractivity contribution is 0.416. The van der Waals surface area contributed by atoms with Crippen LogP contribution in [0.25, 0.3) is 11.3 Å². The molecule has 0 spiro atoms. The number of para-hydroxylation sites is 1. The zero-order chi connectivity index (χ0) is 12.1. The first kappa shape index (κ1) is 11.0. The number of ether oxygens (including phenoxy) is 1. The van der Waals surface area contributed by atoms with Crippen LogP contribution in [0.2, 0.25) is 0 Å². The van der Waals surface area contributed by atoms with Crippen molar-refractivity contribution in [2.24, 2.45) is 4.99 Å². The normalized spacial score (nSPS) is 9.47. The van der Waals surface area contributed by atoms with Crippen LogP contribution in [0.15, 0.2) is 47.6 Å². The lowest BCUT2D eigenvalue weighted by Gasteiger charge is -2.08. The Balaban J connectivity index is 2.63. The van der Waals surface area contributed by atoms with Crippen LogP contribution in [-0.4, -0.2) is 18.2 Å². The second kappa shape index (κ2) is 5.05. The van der Waals surface area contributed by atoms with Crippen LogP contribution >= 0.6 is 0 Å².